The first kappa shape index (κ1) is 63.4. The van der Waals surface area contributed by atoms with Crippen LogP contribution in [0.5, 0.6) is 0 Å². The molecule has 0 fully saturated rings. The van der Waals surface area contributed by atoms with Gasteiger partial charge in [0, 0.05) is 19.3 Å². The largest absolute Gasteiger partial charge is 0.462 e. The van der Waals surface area contributed by atoms with E-state index < -0.39 is 6.10 Å². The second kappa shape index (κ2) is 50.3. The van der Waals surface area contributed by atoms with Gasteiger partial charge in [0.2, 0.25) is 0 Å². The van der Waals surface area contributed by atoms with Crippen LogP contribution in [0.1, 0.15) is 324 Å². The second-order valence-corrected chi connectivity index (χ2v) is 21.7. The van der Waals surface area contributed by atoms with Crippen LogP contribution in [0.15, 0.2) is 0 Å². The van der Waals surface area contributed by atoms with E-state index in [1.54, 1.807) is 0 Å². The highest BCUT2D eigenvalue weighted by Gasteiger charge is 2.19. The number of unbranched alkanes of at least 4 members (excludes halogenated alkanes) is 35. The monoisotopic (exact) mass is 919 g/mol. The van der Waals surface area contributed by atoms with Crippen molar-refractivity contribution in [1.82, 2.24) is 0 Å². The molecule has 0 aliphatic rings. The molecule has 0 aromatic heterocycles. The fraction of sp³-hybridized carbons (Fsp3) is 0.949. The molecule has 0 aliphatic heterocycles. The molecule has 0 bridgehead atoms. The Morgan fingerprint density at radius 2 is 0.446 bits per heavy atom. The third kappa shape index (κ3) is 53.2. The summed E-state index contributed by atoms with van der Waals surface area (Å²) in [6.07, 6.45) is 52.4. The zero-order chi connectivity index (χ0) is 47.7. The fourth-order valence-corrected chi connectivity index (χ4v) is 9.00. The van der Waals surface area contributed by atoms with Gasteiger partial charge in [-0.15, -0.1) is 0 Å². The van der Waals surface area contributed by atoms with E-state index in [4.69, 9.17) is 14.2 Å². The van der Waals surface area contributed by atoms with Gasteiger partial charge >= 0.3 is 17.9 Å². The number of hydrogen-bond acceptors (Lipinski definition) is 6. The lowest BCUT2D eigenvalue weighted by Gasteiger charge is -2.18. The van der Waals surface area contributed by atoms with Crippen LogP contribution in [-0.4, -0.2) is 37.2 Å². The Kier molecular flexibility index (Phi) is 49.1. The van der Waals surface area contributed by atoms with Crippen LogP contribution >= 0.6 is 0 Å². The quantitative estimate of drug-likeness (QED) is 0.0344. The van der Waals surface area contributed by atoms with E-state index in [2.05, 4.69) is 41.5 Å². The molecule has 0 heterocycles. The summed E-state index contributed by atoms with van der Waals surface area (Å²) in [4.78, 5) is 38.1. The van der Waals surface area contributed by atoms with Crippen LogP contribution in [0.4, 0.5) is 0 Å². The summed E-state index contributed by atoms with van der Waals surface area (Å²) in [5, 5.41) is 0. The predicted octanol–water partition coefficient (Wildman–Crippen LogP) is 19.1. The Labute approximate surface area is 406 Å². The molecule has 65 heavy (non-hydrogen) atoms. The summed E-state index contributed by atoms with van der Waals surface area (Å²) in [5.41, 5.74) is 0. The molecule has 6 heteroatoms. The molecule has 0 aromatic carbocycles. The highest BCUT2D eigenvalue weighted by atomic mass is 16.6. The SMILES string of the molecule is CC(C)CCCCCCCCCCCCCCCCCC(=O)OC[C@H](COC(=O)CCCCCCCCCCC(C)C)OC(=O)CCCCCCCCCCCCCCCCCC(C)C. The molecule has 0 unspecified atom stereocenters. The molecule has 0 aromatic rings. The van der Waals surface area contributed by atoms with Gasteiger partial charge in [-0.2, -0.15) is 0 Å². The van der Waals surface area contributed by atoms with Gasteiger partial charge in [0.25, 0.3) is 0 Å². The lowest BCUT2D eigenvalue weighted by atomic mass is 10.0. The first-order valence-electron chi connectivity index (χ1n) is 29.1. The molecule has 0 saturated carbocycles. The first-order chi connectivity index (χ1) is 31.6. The van der Waals surface area contributed by atoms with Crippen molar-refractivity contribution in [2.45, 2.75) is 330 Å². The minimum atomic E-state index is -0.764. The average molecular weight is 920 g/mol. The molecule has 0 radical (unpaired) electrons. The van der Waals surface area contributed by atoms with Crippen molar-refractivity contribution in [2.75, 3.05) is 13.2 Å². The van der Waals surface area contributed by atoms with Gasteiger partial charge < -0.3 is 14.2 Å². The Bertz CT molecular complexity index is 1010. The van der Waals surface area contributed by atoms with E-state index in [1.165, 1.54) is 205 Å². The lowest BCUT2D eigenvalue weighted by molar-refractivity contribution is -0.167. The zero-order valence-corrected chi connectivity index (χ0v) is 44.8. The topological polar surface area (TPSA) is 78.9 Å². The van der Waals surface area contributed by atoms with Gasteiger partial charge in [0.05, 0.1) is 0 Å². The van der Waals surface area contributed by atoms with Crippen molar-refractivity contribution in [3.63, 3.8) is 0 Å². The zero-order valence-electron chi connectivity index (χ0n) is 44.8. The van der Waals surface area contributed by atoms with Gasteiger partial charge in [-0.1, -0.05) is 286 Å². The molecular weight excluding hydrogens is 805 g/mol. The van der Waals surface area contributed by atoms with Crippen LogP contribution < -0.4 is 0 Å². The third-order valence-corrected chi connectivity index (χ3v) is 13.4. The molecule has 0 aliphatic carbocycles. The van der Waals surface area contributed by atoms with Crippen molar-refractivity contribution in [3.8, 4) is 0 Å². The van der Waals surface area contributed by atoms with Crippen molar-refractivity contribution >= 4 is 17.9 Å². The molecule has 0 saturated heterocycles. The van der Waals surface area contributed by atoms with Crippen molar-refractivity contribution in [1.29, 1.82) is 0 Å². The smallest absolute Gasteiger partial charge is 0.306 e. The predicted molar refractivity (Wildman–Crippen MR) is 279 cm³/mol. The summed E-state index contributed by atoms with van der Waals surface area (Å²) >= 11 is 0. The van der Waals surface area contributed by atoms with Crippen LogP contribution in [0.3, 0.4) is 0 Å². The minimum Gasteiger partial charge on any atom is -0.462 e. The molecular formula is C59H114O6. The summed E-state index contributed by atoms with van der Waals surface area (Å²) in [6, 6.07) is 0. The van der Waals surface area contributed by atoms with E-state index in [9.17, 15) is 14.4 Å². The number of hydrogen-bond donors (Lipinski definition) is 0. The van der Waals surface area contributed by atoms with Crippen molar-refractivity contribution in [3.05, 3.63) is 0 Å². The van der Waals surface area contributed by atoms with Crippen LogP contribution in [0.25, 0.3) is 0 Å². The van der Waals surface area contributed by atoms with Crippen molar-refractivity contribution in [2.24, 2.45) is 17.8 Å². The van der Waals surface area contributed by atoms with E-state index in [0.717, 1.165) is 75.5 Å². The summed E-state index contributed by atoms with van der Waals surface area (Å²) in [6.45, 7) is 13.7. The molecule has 6 nitrogen and oxygen atoms in total. The van der Waals surface area contributed by atoms with Crippen LogP contribution in [-0.2, 0) is 28.6 Å². The molecule has 1 atom stereocenters. The van der Waals surface area contributed by atoms with E-state index in [1.807, 2.05) is 0 Å². The number of carbonyl (C=O) groups excluding carboxylic acids is 3. The maximum absolute atomic E-state index is 12.9. The lowest BCUT2D eigenvalue weighted by Crippen LogP contribution is -2.30. The number of rotatable bonds is 52. The van der Waals surface area contributed by atoms with E-state index >= 15 is 0 Å². The Hall–Kier alpha value is -1.59. The van der Waals surface area contributed by atoms with E-state index in [0.29, 0.717) is 19.3 Å². The van der Waals surface area contributed by atoms with Crippen LogP contribution in [0.2, 0.25) is 0 Å². The molecule has 0 rings (SSSR count). The summed E-state index contributed by atoms with van der Waals surface area (Å²) < 4.78 is 16.9. The van der Waals surface area contributed by atoms with E-state index in [-0.39, 0.29) is 31.1 Å². The third-order valence-electron chi connectivity index (χ3n) is 13.4. The van der Waals surface area contributed by atoms with Crippen LogP contribution in [0, 0.1) is 17.8 Å². The number of carbonyl (C=O) groups is 3. The average Bonchev–Trinajstić information content (AvgIpc) is 3.26. The maximum atomic E-state index is 12.9. The number of esters is 3. The highest BCUT2D eigenvalue weighted by Crippen LogP contribution is 2.18. The van der Waals surface area contributed by atoms with Gasteiger partial charge in [0.15, 0.2) is 6.10 Å². The van der Waals surface area contributed by atoms with Gasteiger partial charge in [0.1, 0.15) is 13.2 Å². The highest BCUT2D eigenvalue weighted by molar-refractivity contribution is 5.71. The minimum absolute atomic E-state index is 0.0637. The number of ether oxygens (including phenoxy) is 3. The van der Waals surface area contributed by atoms with Crippen molar-refractivity contribution < 1.29 is 28.6 Å². The normalized spacial score (nSPS) is 12.1. The standard InChI is InChI=1S/C59H114O6/c1-53(2)45-39-33-27-21-17-13-9-7-11-15-19-23-30-36-42-48-57(60)63-51-56(52-64-58(61)49-43-37-31-26-25-29-35-41-47-55(5)6)65-59(62)50-44-38-32-24-20-16-12-8-10-14-18-22-28-34-40-46-54(3)4/h53-56H,7-52H2,1-6H3/t56-/m1/s1. The fourth-order valence-electron chi connectivity index (χ4n) is 9.00. The van der Waals surface area contributed by atoms with Gasteiger partial charge in [-0.3, -0.25) is 14.4 Å². The maximum Gasteiger partial charge on any atom is 0.306 e. The molecule has 0 spiro atoms. The Morgan fingerprint density at radius 3 is 0.662 bits per heavy atom. The Morgan fingerprint density at radius 1 is 0.262 bits per heavy atom. The molecule has 0 N–H and O–H groups in total. The second-order valence-electron chi connectivity index (χ2n) is 21.7. The Balaban J connectivity index is 4.26. The summed E-state index contributed by atoms with van der Waals surface area (Å²) in [7, 11) is 0. The first-order valence-corrected chi connectivity index (χ1v) is 29.1. The summed E-state index contributed by atoms with van der Waals surface area (Å²) in [5.74, 6) is 1.65. The molecule has 0 amide bonds. The van der Waals surface area contributed by atoms with Gasteiger partial charge in [-0.05, 0) is 37.0 Å². The van der Waals surface area contributed by atoms with Gasteiger partial charge in [-0.25, -0.2) is 0 Å². The molecule has 386 valence electrons.